The molecule has 2 aliphatic rings. The minimum Gasteiger partial charge on any atom is -0.350 e. The second-order valence-electron chi connectivity index (χ2n) is 4.54. The number of aromatic nitrogens is 1. The van der Waals surface area contributed by atoms with Gasteiger partial charge >= 0.3 is 0 Å². The zero-order chi connectivity index (χ0) is 9.54. The molecule has 0 unspecified atom stereocenters. The molecule has 3 rings (SSSR count). The topological polar surface area (TPSA) is 17.3 Å². The molecule has 0 N–H and O–H groups in total. The molecule has 0 aromatic carbocycles. The molecule has 0 saturated heterocycles. The minimum atomic E-state index is 0.653. The summed E-state index contributed by atoms with van der Waals surface area (Å²) in [5.74, 6) is 0.861. The minimum absolute atomic E-state index is 0.653. The summed E-state index contributed by atoms with van der Waals surface area (Å²) in [4.78, 5) is 4.85. The smallest absolute Gasteiger partial charge is 0.0618 e. The Kier molecular flexibility index (Phi) is 1.76. The average Bonchev–Trinajstić information content (AvgIpc) is 2.75. The summed E-state index contributed by atoms with van der Waals surface area (Å²) in [7, 11) is 2.10. The first kappa shape index (κ1) is 8.27. The highest BCUT2D eigenvalue weighted by Gasteiger charge is 2.33. The standard InChI is InChI=1S/C12H16N2/c1-14-7-3-6-12(14)11-8-9-4-2-5-10(9)13-11/h3,6-7,9-10H,2,4-5,8H2,1H3/t9-,10-/m1/s1. The Hall–Kier alpha value is -1.05. The molecule has 1 aromatic heterocycles. The van der Waals surface area contributed by atoms with E-state index in [1.807, 2.05) is 0 Å². The number of rotatable bonds is 1. The van der Waals surface area contributed by atoms with E-state index in [1.54, 1.807) is 0 Å². The van der Waals surface area contributed by atoms with Crippen molar-refractivity contribution < 1.29 is 0 Å². The molecule has 0 bridgehead atoms. The lowest BCUT2D eigenvalue weighted by atomic mass is 10.0. The fourth-order valence-corrected chi connectivity index (χ4v) is 2.86. The van der Waals surface area contributed by atoms with Crippen LogP contribution < -0.4 is 0 Å². The van der Waals surface area contributed by atoms with Gasteiger partial charge in [0, 0.05) is 13.2 Å². The van der Waals surface area contributed by atoms with Gasteiger partial charge < -0.3 is 4.57 Å². The van der Waals surface area contributed by atoms with Crippen molar-refractivity contribution in [1.82, 2.24) is 4.57 Å². The van der Waals surface area contributed by atoms with E-state index < -0.39 is 0 Å². The van der Waals surface area contributed by atoms with E-state index in [-0.39, 0.29) is 0 Å². The number of hydrogen-bond donors (Lipinski definition) is 0. The first-order valence-electron chi connectivity index (χ1n) is 5.53. The molecule has 1 aromatic rings. The van der Waals surface area contributed by atoms with Gasteiger partial charge in [-0.2, -0.15) is 0 Å². The van der Waals surface area contributed by atoms with Crippen molar-refractivity contribution in [2.75, 3.05) is 0 Å². The van der Waals surface area contributed by atoms with Crippen molar-refractivity contribution in [2.45, 2.75) is 31.7 Å². The molecule has 0 spiro atoms. The predicted molar refractivity (Wildman–Crippen MR) is 57.7 cm³/mol. The number of fused-ring (bicyclic) bond motifs is 1. The van der Waals surface area contributed by atoms with Crippen LogP contribution in [0.2, 0.25) is 0 Å². The molecule has 1 aliphatic carbocycles. The van der Waals surface area contributed by atoms with Gasteiger partial charge in [-0.25, -0.2) is 0 Å². The van der Waals surface area contributed by atoms with Crippen LogP contribution in [0.5, 0.6) is 0 Å². The lowest BCUT2D eigenvalue weighted by Gasteiger charge is -2.05. The van der Waals surface area contributed by atoms with Gasteiger partial charge in [0.2, 0.25) is 0 Å². The van der Waals surface area contributed by atoms with Crippen LogP contribution >= 0.6 is 0 Å². The third kappa shape index (κ3) is 1.13. The first-order valence-corrected chi connectivity index (χ1v) is 5.53. The maximum absolute atomic E-state index is 4.85. The van der Waals surface area contributed by atoms with E-state index in [9.17, 15) is 0 Å². The van der Waals surface area contributed by atoms with Crippen LogP contribution in [0.1, 0.15) is 31.4 Å². The second-order valence-corrected chi connectivity index (χ2v) is 4.54. The quantitative estimate of drug-likeness (QED) is 0.644. The summed E-state index contributed by atoms with van der Waals surface area (Å²) in [6.07, 6.45) is 7.41. The van der Waals surface area contributed by atoms with E-state index in [0.29, 0.717) is 6.04 Å². The summed E-state index contributed by atoms with van der Waals surface area (Å²) in [6, 6.07) is 4.94. The lowest BCUT2D eigenvalue weighted by Crippen LogP contribution is -2.06. The normalized spacial score (nSPS) is 30.5. The van der Waals surface area contributed by atoms with Gasteiger partial charge in [0.25, 0.3) is 0 Å². The highest BCUT2D eigenvalue weighted by atomic mass is 15.0. The Bertz CT molecular complexity index is 375. The molecule has 1 aliphatic heterocycles. The Morgan fingerprint density at radius 3 is 3.07 bits per heavy atom. The largest absolute Gasteiger partial charge is 0.350 e. The van der Waals surface area contributed by atoms with Crippen LogP contribution in [0.25, 0.3) is 0 Å². The van der Waals surface area contributed by atoms with Crippen molar-refractivity contribution >= 4 is 5.71 Å². The summed E-state index contributed by atoms with van der Waals surface area (Å²) in [6.45, 7) is 0. The van der Waals surface area contributed by atoms with Gasteiger partial charge in [0.15, 0.2) is 0 Å². The Labute approximate surface area is 84.7 Å². The fraction of sp³-hybridized carbons (Fsp3) is 0.583. The summed E-state index contributed by atoms with van der Waals surface area (Å²) >= 11 is 0. The molecule has 2 heterocycles. The monoisotopic (exact) mass is 188 g/mol. The van der Waals surface area contributed by atoms with E-state index in [4.69, 9.17) is 4.99 Å². The van der Waals surface area contributed by atoms with Crippen LogP contribution in [0, 0.1) is 5.92 Å². The average molecular weight is 188 g/mol. The van der Waals surface area contributed by atoms with E-state index >= 15 is 0 Å². The van der Waals surface area contributed by atoms with E-state index in [2.05, 4.69) is 29.9 Å². The zero-order valence-corrected chi connectivity index (χ0v) is 8.61. The second kappa shape index (κ2) is 2.97. The highest BCUT2D eigenvalue weighted by Crippen LogP contribution is 2.37. The molecule has 14 heavy (non-hydrogen) atoms. The zero-order valence-electron chi connectivity index (χ0n) is 8.61. The van der Waals surface area contributed by atoms with Gasteiger partial charge in [-0.05, 0) is 37.3 Å². The third-order valence-electron chi connectivity index (χ3n) is 3.64. The van der Waals surface area contributed by atoms with Gasteiger partial charge in [-0.3, -0.25) is 4.99 Å². The Morgan fingerprint density at radius 1 is 1.43 bits per heavy atom. The van der Waals surface area contributed by atoms with Crippen molar-refractivity contribution in [3.8, 4) is 0 Å². The van der Waals surface area contributed by atoms with Crippen molar-refractivity contribution in [3.63, 3.8) is 0 Å². The van der Waals surface area contributed by atoms with Crippen LogP contribution in [-0.2, 0) is 7.05 Å². The Balaban J connectivity index is 1.91. The molecular weight excluding hydrogens is 172 g/mol. The summed E-state index contributed by atoms with van der Waals surface area (Å²) < 4.78 is 2.18. The first-order chi connectivity index (χ1) is 6.84. The molecule has 2 atom stereocenters. The molecule has 1 fully saturated rings. The number of aryl methyl sites for hydroxylation is 1. The fourth-order valence-electron chi connectivity index (χ4n) is 2.86. The van der Waals surface area contributed by atoms with Crippen LogP contribution in [0.3, 0.4) is 0 Å². The number of hydrogen-bond acceptors (Lipinski definition) is 1. The number of nitrogens with zero attached hydrogens (tertiary/aromatic N) is 2. The maximum atomic E-state index is 4.85. The van der Waals surface area contributed by atoms with Crippen molar-refractivity contribution in [3.05, 3.63) is 24.0 Å². The van der Waals surface area contributed by atoms with E-state index in [1.165, 1.54) is 37.1 Å². The predicted octanol–water partition coefficient (Wildman–Crippen LogP) is 2.39. The van der Waals surface area contributed by atoms with Crippen molar-refractivity contribution in [2.24, 2.45) is 18.0 Å². The summed E-state index contributed by atoms with van der Waals surface area (Å²) in [5.41, 5.74) is 2.66. The highest BCUT2D eigenvalue weighted by molar-refractivity contribution is 6.00. The van der Waals surface area contributed by atoms with Crippen LogP contribution in [0.4, 0.5) is 0 Å². The van der Waals surface area contributed by atoms with Gasteiger partial charge in [0.1, 0.15) is 0 Å². The molecule has 0 radical (unpaired) electrons. The lowest BCUT2D eigenvalue weighted by molar-refractivity contribution is 0.536. The number of aliphatic imine (C=N–C) groups is 1. The van der Waals surface area contributed by atoms with E-state index in [0.717, 1.165) is 5.92 Å². The molecule has 2 nitrogen and oxygen atoms in total. The molecule has 74 valence electrons. The molecule has 2 heteroatoms. The SMILES string of the molecule is Cn1cccc1C1=N[C@@H]2CCC[C@@H]2C1. The van der Waals surface area contributed by atoms with Crippen LogP contribution in [0.15, 0.2) is 23.3 Å². The Morgan fingerprint density at radius 2 is 2.36 bits per heavy atom. The van der Waals surface area contributed by atoms with Gasteiger partial charge in [0.05, 0.1) is 17.4 Å². The third-order valence-corrected chi connectivity index (χ3v) is 3.64. The molecular formula is C12H16N2. The van der Waals surface area contributed by atoms with Crippen LogP contribution in [-0.4, -0.2) is 16.3 Å². The van der Waals surface area contributed by atoms with Crippen molar-refractivity contribution in [1.29, 1.82) is 0 Å². The molecule has 0 amide bonds. The maximum Gasteiger partial charge on any atom is 0.0618 e. The molecule has 1 saturated carbocycles. The summed E-state index contributed by atoms with van der Waals surface area (Å²) in [5, 5.41) is 0. The van der Waals surface area contributed by atoms with Gasteiger partial charge in [-0.1, -0.05) is 6.42 Å². The van der Waals surface area contributed by atoms with Gasteiger partial charge in [-0.15, -0.1) is 0 Å².